The standard InChI is InChI=1S/C19H23N3O/c1-23-19-7-3-2-5-17(19)6-4-13-22-14-12-21-15-18(22)16-8-10-20-11-9-16/h2-11,18,21H,12-15H2,1H3/b6-4+. The molecule has 1 aromatic heterocycles. The second-order valence-electron chi connectivity index (χ2n) is 5.64. The van der Waals surface area contributed by atoms with Crippen molar-refractivity contribution in [1.29, 1.82) is 0 Å². The van der Waals surface area contributed by atoms with E-state index in [4.69, 9.17) is 4.74 Å². The largest absolute Gasteiger partial charge is 0.496 e. The monoisotopic (exact) mass is 309 g/mol. The minimum atomic E-state index is 0.397. The van der Waals surface area contributed by atoms with E-state index < -0.39 is 0 Å². The second-order valence-corrected chi connectivity index (χ2v) is 5.64. The molecule has 3 rings (SSSR count). The highest BCUT2D eigenvalue weighted by atomic mass is 16.5. The molecule has 1 aliphatic rings. The van der Waals surface area contributed by atoms with Gasteiger partial charge in [-0.15, -0.1) is 0 Å². The van der Waals surface area contributed by atoms with E-state index in [0.29, 0.717) is 6.04 Å². The summed E-state index contributed by atoms with van der Waals surface area (Å²) in [4.78, 5) is 6.62. The third-order valence-electron chi connectivity index (χ3n) is 4.22. The van der Waals surface area contributed by atoms with Crippen LogP contribution in [0.1, 0.15) is 17.2 Å². The zero-order chi connectivity index (χ0) is 15.9. The van der Waals surface area contributed by atoms with Crippen molar-refractivity contribution >= 4 is 6.08 Å². The molecule has 1 N–H and O–H groups in total. The maximum absolute atomic E-state index is 5.40. The highest BCUT2D eigenvalue weighted by molar-refractivity contribution is 5.57. The number of benzene rings is 1. The van der Waals surface area contributed by atoms with E-state index in [1.54, 1.807) is 7.11 Å². The average Bonchev–Trinajstić information content (AvgIpc) is 2.63. The van der Waals surface area contributed by atoms with E-state index in [1.165, 1.54) is 5.56 Å². The Labute approximate surface area is 137 Å². The summed E-state index contributed by atoms with van der Waals surface area (Å²) in [5, 5.41) is 3.48. The fraction of sp³-hybridized carbons (Fsp3) is 0.316. The summed E-state index contributed by atoms with van der Waals surface area (Å²) in [6, 6.07) is 12.7. The number of aromatic nitrogens is 1. The lowest BCUT2D eigenvalue weighted by molar-refractivity contribution is 0.180. The smallest absolute Gasteiger partial charge is 0.126 e. The summed E-state index contributed by atoms with van der Waals surface area (Å²) in [7, 11) is 1.71. The molecule has 2 aromatic rings. The van der Waals surface area contributed by atoms with E-state index >= 15 is 0 Å². The number of rotatable bonds is 5. The maximum atomic E-state index is 5.40. The molecule has 120 valence electrons. The Hall–Kier alpha value is -2.17. The number of piperazine rings is 1. The van der Waals surface area contributed by atoms with Crippen LogP contribution in [0.3, 0.4) is 0 Å². The molecule has 0 spiro atoms. The van der Waals surface area contributed by atoms with Gasteiger partial charge in [0, 0.05) is 50.2 Å². The van der Waals surface area contributed by atoms with E-state index in [2.05, 4.69) is 45.6 Å². The highest BCUT2D eigenvalue weighted by Gasteiger charge is 2.22. The van der Waals surface area contributed by atoms with Gasteiger partial charge in [-0.05, 0) is 23.8 Å². The summed E-state index contributed by atoms with van der Waals surface area (Å²) in [6.45, 7) is 3.98. The molecular weight excluding hydrogens is 286 g/mol. The Morgan fingerprint density at radius 2 is 2.09 bits per heavy atom. The predicted octanol–water partition coefficient (Wildman–Crippen LogP) is 2.75. The Kier molecular flexibility index (Phi) is 5.40. The van der Waals surface area contributed by atoms with Gasteiger partial charge in [0.1, 0.15) is 5.75 Å². The Bertz CT molecular complexity index is 642. The molecule has 23 heavy (non-hydrogen) atoms. The van der Waals surface area contributed by atoms with Crippen LogP contribution in [0.25, 0.3) is 6.08 Å². The van der Waals surface area contributed by atoms with Crippen molar-refractivity contribution in [2.45, 2.75) is 6.04 Å². The topological polar surface area (TPSA) is 37.4 Å². The minimum absolute atomic E-state index is 0.397. The van der Waals surface area contributed by atoms with Gasteiger partial charge < -0.3 is 10.1 Å². The van der Waals surface area contributed by atoms with Crippen molar-refractivity contribution in [1.82, 2.24) is 15.2 Å². The quantitative estimate of drug-likeness (QED) is 0.921. The molecule has 1 unspecified atom stereocenters. The number of ether oxygens (including phenoxy) is 1. The van der Waals surface area contributed by atoms with Gasteiger partial charge in [-0.1, -0.05) is 30.4 Å². The fourth-order valence-corrected chi connectivity index (χ4v) is 3.00. The second kappa shape index (κ2) is 7.90. The van der Waals surface area contributed by atoms with Crippen LogP contribution >= 0.6 is 0 Å². The van der Waals surface area contributed by atoms with Crippen LogP contribution in [0.15, 0.2) is 54.9 Å². The Morgan fingerprint density at radius 1 is 1.26 bits per heavy atom. The highest BCUT2D eigenvalue weighted by Crippen LogP contribution is 2.22. The molecule has 4 nitrogen and oxygen atoms in total. The van der Waals surface area contributed by atoms with Crippen LogP contribution in [-0.2, 0) is 0 Å². The summed E-state index contributed by atoms with van der Waals surface area (Å²) in [6.07, 6.45) is 8.10. The molecule has 1 aromatic carbocycles. The molecule has 0 bridgehead atoms. The molecule has 0 amide bonds. The molecule has 2 heterocycles. The zero-order valence-corrected chi connectivity index (χ0v) is 13.5. The van der Waals surface area contributed by atoms with Crippen molar-refractivity contribution < 1.29 is 4.74 Å². The normalized spacial score (nSPS) is 19.1. The summed E-state index contributed by atoms with van der Waals surface area (Å²) < 4.78 is 5.40. The molecule has 1 fully saturated rings. The average molecular weight is 309 g/mol. The van der Waals surface area contributed by atoms with E-state index in [0.717, 1.165) is 37.5 Å². The van der Waals surface area contributed by atoms with Gasteiger partial charge in [0.15, 0.2) is 0 Å². The predicted molar refractivity (Wildman–Crippen MR) is 93.4 cm³/mol. The van der Waals surface area contributed by atoms with E-state index in [1.807, 2.05) is 30.6 Å². The summed E-state index contributed by atoms with van der Waals surface area (Å²) in [5.74, 6) is 0.912. The maximum Gasteiger partial charge on any atom is 0.126 e. The lowest BCUT2D eigenvalue weighted by Crippen LogP contribution is -2.45. The van der Waals surface area contributed by atoms with Crippen LogP contribution < -0.4 is 10.1 Å². The molecule has 4 heteroatoms. The number of methoxy groups -OCH3 is 1. The summed E-state index contributed by atoms with van der Waals surface area (Å²) in [5.41, 5.74) is 2.43. The molecule has 0 saturated carbocycles. The van der Waals surface area contributed by atoms with Gasteiger partial charge in [-0.25, -0.2) is 0 Å². The zero-order valence-electron chi connectivity index (χ0n) is 13.5. The van der Waals surface area contributed by atoms with Crippen molar-refractivity contribution in [2.24, 2.45) is 0 Å². The number of hydrogen-bond donors (Lipinski definition) is 1. The van der Waals surface area contributed by atoms with Crippen molar-refractivity contribution in [3.8, 4) is 5.75 Å². The van der Waals surface area contributed by atoms with E-state index in [9.17, 15) is 0 Å². The molecule has 1 aliphatic heterocycles. The number of hydrogen-bond acceptors (Lipinski definition) is 4. The van der Waals surface area contributed by atoms with Crippen LogP contribution in [0.4, 0.5) is 0 Å². The minimum Gasteiger partial charge on any atom is -0.496 e. The van der Waals surface area contributed by atoms with Crippen LogP contribution in [0.2, 0.25) is 0 Å². The van der Waals surface area contributed by atoms with Gasteiger partial charge >= 0.3 is 0 Å². The lowest BCUT2D eigenvalue weighted by Gasteiger charge is -2.35. The summed E-state index contributed by atoms with van der Waals surface area (Å²) >= 11 is 0. The van der Waals surface area contributed by atoms with Crippen molar-refractivity contribution in [3.63, 3.8) is 0 Å². The van der Waals surface area contributed by atoms with Gasteiger partial charge in [0.2, 0.25) is 0 Å². The third kappa shape index (κ3) is 3.97. The molecule has 0 aliphatic carbocycles. The van der Waals surface area contributed by atoms with Crippen LogP contribution in [-0.4, -0.2) is 43.2 Å². The van der Waals surface area contributed by atoms with Gasteiger partial charge in [-0.3, -0.25) is 9.88 Å². The molecule has 0 radical (unpaired) electrons. The van der Waals surface area contributed by atoms with Crippen molar-refractivity contribution in [3.05, 3.63) is 66.0 Å². The number of pyridine rings is 1. The number of nitrogens with zero attached hydrogens (tertiary/aromatic N) is 2. The fourth-order valence-electron chi connectivity index (χ4n) is 3.00. The third-order valence-corrected chi connectivity index (χ3v) is 4.22. The Balaban J connectivity index is 1.69. The Morgan fingerprint density at radius 3 is 2.91 bits per heavy atom. The van der Waals surface area contributed by atoms with Gasteiger partial charge in [-0.2, -0.15) is 0 Å². The molecule has 1 atom stereocenters. The van der Waals surface area contributed by atoms with Crippen molar-refractivity contribution in [2.75, 3.05) is 33.3 Å². The van der Waals surface area contributed by atoms with Crippen LogP contribution in [0, 0.1) is 0 Å². The van der Waals surface area contributed by atoms with Gasteiger partial charge in [0.05, 0.1) is 7.11 Å². The SMILES string of the molecule is COc1ccccc1/C=C/CN1CCNCC1c1ccncc1. The number of para-hydroxylation sites is 1. The van der Waals surface area contributed by atoms with Crippen LogP contribution in [0.5, 0.6) is 5.75 Å². The first-order chi connectivity index (χ1) is 11.4. The lowest BCUT2D eigenvalue weighted by atomic mass is 10.0. The molecular formula is C19H23N3O. The molecule has 1 saturated heterocycles. The van der Waals surface area contributed by atoms with E-state index in [-0.39, 0.29) is 0 Å². The van der Waals surface area contributed by atoms with Gasteiger partial charge in [0.25, 0.3) is 0 Å². The first-order valence-corrected chi connectivity index (χ1v) is 8.03. The number of nitrogens with one attached hydrogen (secondary N) is 1. The first kappa shape index (κ1) is 15.7. The first-order valence-electron chi connectivity index (χ1n) is 8.03.